The Morgan fingerprint density at radius 2 is 2.00 bits per heavy atom. The van der Waals surface area contributed by atoms with Crippen molar-refractivity contribution in [1.29, 1.82) is 0 Å². The second kappa shape index (κ2) is 5.75. The van der Waals surface area contributed by atoms with Crippen LogP contribution in [-0.2, 0) is 0 Å². The highest BCUT2D eigenvalue weighted by atomic mass is 19.1. The van der Waals surface area contributed by atoms with E-state index >= 15 is 0 Å². The predicted molar refractivity (Wildman–Crippen MR) is 68.1 cm³/mol. The first kappa shape index (κ1) is 13.4. The maximum absolute atomic E-state index is 13.4. The van der Waals surface area contributed by atoms with Crippen molar-refractivity contribution < 1.29 is 13.5 Å². The van der Waals surface area contributed by atoms with Crippen LogP contribution in [-0.4, -0.2) is 12.0 Å². The molecule has 3 nitrogen and oxygen atoms in total. The molecule has 5 heteroatoms. The summed E-state index contributed by atoms with van der Waals surface area (Å²) in [5, 5.41) is 3.08. The number of halogens is 2. The van der Waals surface area contributed by atoms with E-state index in [1.54, 1.807) is 12.3 Å². The van der Waals surface area contributed by atoms with Crippen LogP contribution < -0.4 is 10.1 Å². The summed E-state index contributed by atoms with van der Waals surface area (Å²) in [7, 11) is 1.84. The van der Waals surface area contributed by atoms with Gasteiger partial charge in [-0.2, -0.15) is 0 Å². The number of aromatic nitrogens is 1. The summed E-state index contributed by atoms with van der Waals surface area (Å²) in [6.45, 7) is 1.99. The van der Waals surface area contributed by atoms with Crippen LogP contribution in [0, 0.1) is 11.6 Å². The average Bonchev–Trinajstić information content (AvgIpc) is 2.43. The Morgan fingerprint density at radius 1 is 1.21 bits per heavy atom. The molecule has 0 aliphatic rings. The van der Waals surface area contributed by atoms with E-state index in [9.17, 15) is 8.78 Å². The lowest BCUT2D eigenvalue weighted by molar-refractivity contribution is 0.422. The van der Waals surface area contributed by atoms with Crippen molar-refractivity contribution >= 4 is 0 Å². The molecule has 0 bridgehead atoms. The molecule has 1 aromatic heterocycles. The van der Waals surface area contributed by atoms with Crippen molar-refractivity contribution in [3.05, 3.63) is 53.7 Å². The van der Waals surface area contributed by atoms with Gasteiger partial charge in [-0.15, -0.1) is 0 Å². The molecule has 0 saturated carbocycles. The fourth-order valence-electron chi connectivity index (χ4n) is 1.54. The van der Waals surface area contributed by atoms with E-state index in [4.69, 9.17) is 4.74 Å². The van der Waals surface area contributed by atoms with Gasteiger partial charge in [0.05, 0.1) is 0 Å². The van der Waals surface area contributed by atoms with Crippen molar-refractivity contribution in [3.63, 3.8) is 0 Å². The lowest BCUT2D eigenvalue weighted by atomic mass is 10.1. The SMILES string of the molecule is CNC(C)c1ccc(Oc2cc(F)ccc2F)nc1. The number of pyridine rings is 1. The molecule has 1 heterocycles. The molecule has 0 saturated heterocycles. The van der Waals surface area contributed by atoms with Crippen LogP contribution in [0.15, 0.2) is 36.5 Å². The molecule has 0 aliphatic carbocycles. The number of nitrogens with one attached hydrogen (secondary N) is 1. The standard InChI is InChI=1S/C14H14F2N2O/c1-9(17-2)10-3-6-14(18-8-10)19-13-7-11(15)4-5-12(13)16/h3-9,17H,1-2H3. The lowest BCUT2D eigenvalue weighted by Crippen LogP contribution is -2.12. The first-order valence-electron chi connectivity index (χ1n) is 5.86. The van der Waals surface area contributed by atoms with Gasteiger partial charge >= 0.3 is 0 Å². The van der Waals surface area contributed by atoms with E-state index in [0.29, 0.717) is 0 Å². The summed E-state index contributed by atoms with van der Waals surface area (Å²) >= 11 is 0. The fourth-order valence-corrected chi connectivity index (χ4v) is 1.54. The first-order chi connectivity index (χ1) is 9.10. The summed E-state index contributed by atoms with van der Waals surface area (Å²) in [5.41, 5.74) is 0.981. The predicted octanol–water partition coefficient (Wildman–Crippen LogP) is 3.43. The van der Waals surface area contributed by atoms with E-state index in [1.165, 1.54) is 0 Å². The summed E-state index contributed by atoms with van der Waals surface area (Å²) in [6.07, 6.45) is 1.63. The van der Waals surface area contributed by atoms with Crippen molar-refractivity contribution in [3.8, 4) is 11.6 Å². The van der Waals surface area contributed by atoms with Gasteiger partial charge in [-0.3, -0.25) is 0 Å². The number of ether oxygens (including phenoxy) is 1. The minimum Gasteiger partial charge on any atom is -0.436 e. The van der Waals surface area contributed by atoms with Gasteiger partial charge in [0, 0.05) is 24.4 Å². The molecule has 0 spiro atoms. The molecule has 1 N–H and O–H groups in total. The first-order valence-corrected chi connectivity index (χ1v) is 5.86. The number of nitrogens with zero attached hydrogens (tertiary/aromatic N) is 1. The second-order valence-corrected chi connectivity index (χ2v) is 4.12. The lowest BCUT2D eigenvalue weighted by Gasteiger charge is -2.11. The van der Waals surface area contributed by atoms with Crippen LogP contribution in [0.5, 0.6) is 11.6 Å². The molecule has 2 aromatic rings. The Kier molecular flexibility index (Phi) is 4.06. The molecule has 0 aliphatic heterocycles. The van der Waals surface area contributed by atoms with Crippen LogP contribution in [0.2, 0.25) is 0 Å². The molecule has 0 radical (unpaired) electrons. The Labute approximate surface area is 110 Å². The van der Waals surface area contributed by atoms with Crippen LogP contribution in [0.25, 0.3) is 0 Å². The third-order valence-corrected chi connectivity index (χ3v) is 2.80. The van der Waals surface area contributed by atoms with Gasteiger partial charge in [-0.1, -0.05) is 6.07 Å². The molecule has 2 rings (SSSR count). The zero-order chi connectivity index (χ0) is 13.8. The molecule has 1 aromatic carbocycles. The molecule has 1 unspecified atom stereocenters. The number of hydrogen-bond donors (Lipinski definition) is 1. The van der Waals surface area contributed by atoms with E-state index in [0.717, 1.165) is 23.8 Å². The molecular weight excluding hydrogens is 250 g/mol. The molecule has 19 heavy (non-hydrogen) atoms. The third-order valence-electron chi connectivity index (χ3n) is 2.80. The van der Waals surface area contributed by atoms with E-state index in [1.807, 2.05) is 20.0 Å². The highest BCUT2D eigenvalue weighted by Gasteiger charge is 2.08. The monoisotopic (exact) mass is 264 g/mol. The summed E-state index contributed by atoms with van der Waals surface area (Å²) in [4.78, 5) is 4.06. The van der Waals surface area contributed by atoms with Crippen LogP contribution in [0.4, 0.5) is 8.78 Å². The minimum atomic E-state index is -0.629. The number of hydrogen-bond acceptors (Lipinski definition) is 3. The zero-order valence-corrected chi connectivity index (χ0v) is 10.7. The van der Waals surface area contributed by atoms with E-state index < -0.39 is 11.6 Å². The summed E-state index contributed by atoms with van der Waals surface area (Å²) in [6, 6.07) is 6.64. The maximum atomic E-state index is 13.4. The fraction of sp³-hybridized carbons (Fsp3) is 0.214. The Balaban J connectivity index is 2.17. The minimum absolute atomic E-state index is 0.160. The average molecular weight is 264 g/mol. The largest absolute Gasteiger partial charge is 0.436 e. The molecule has 0 amide bonds. The summed E-state index contributed by atoms with van der Waals surface area (Å²) < 4.78 is 31.6. The number of benzene rings is 1. The molecular formula is C14H14F2N2O. The Hall–Kier alpha value is -2.01. The van der Waals surface area contributed by atoms with Gasteiger partial charge in [0.2, 0.25) is 5.88 Å². The van der Waals surface area contributed by atoms with Gasteiger partial charge in [0.15, 0.2) is 11.6 Å². The Morgan fingerprint density at radius 3 is 2.63 bits per heavy atom. The zero-order valence-electron chi connectivity index (χ0n) is 10.7. The molecule has 1 atom stereocenters. The second-order valence-electron chi connectivity index (χ2n) is 4.12. The third kappa shape index (κ3) is 3.26. The van der Waals surface area contributed by atoms with Crippen LogP contribution >= 0.6 is 0 Å². The highest BCUT2D eigenvalue weighted by molar-refractivity contribution is 5.30. The van der Waals surface area contributed by atoms with Crippen LogP contribution in [0.1, 0.15) is 18.5 Å². The number of rotatable bonds is 4. The highest BCUT2D eigenvalue weighted by Crippen LogP contribution is 2.24. The van der Waals surface area contributed by atoms with Gasteiger partial charge < -0.3 is 10.1 Å². The molecule has 0 fully saturated rings. The van der Waals surface area contributed by atoms with E-state index in [-0.39, 0.29) is 17.7 Å². The van der Waals surface area contributed by atoms with Gasteiger partial charge in [0.1, 0.15) is 5.82 Å². The van der Waals surface area contributed by atoms with Crippen LogP contribution in [0.3, 0.4) is 0 Å². The van der Waals surface area contributed by atoms with E-state index in [2.05, 4.69) is 10.3 Å². The normalized spacial score (nSPS) is 12.2. The quantitative estimate of drug-likeness (QED) is 0.918. The van der Waals surface area contributed by atoms with Gasteiger partial charge in [-0.05, 0) is 31.7 Å². The maximum Gasteiger partial charge on any atom is 0.219 e. The smallest absolute Gasteiger partial charge is 0.219 e. The van der Waals surface area contributed by atoms with Gasteiger partial charge in [0.25, 0.3) is 0 Å². The molecule has 100 valence electrons. The van der Waals surface area contributed by atoms with Crippen molar-refractivity contribution in [2.24, 2.45) is 0 Å². The van der Waals surface area contributed by atoms with Gasteiger partial charge in [-0.25, -0.2) is 13.8 Å². The van der Waals surface area contributed by atoms with Crippen molar-refractivity contribution in [2.75, 3.05) is 7.05 Å². The van der Waals surface area contributed by atoms with Crippen molar-refractivity contribution in [1.82, 2.24) is 10.3 Å². The summed E-state index contributed by atoms with van der Waals surface area (Å²) in [5.74, 6) is -1.15. The Bertz CT molecular complexity index is 558. The van der Waals surface area contributed by atoms with Crippen molar-refractivity contribution in [2.45, 2.75) is 13.0 Å². The topological polar surface area (TPSA) is 34.1 Å².